The van der Waals surface area contributed by atoms with Crippen molar-refractivity contribution in [1.29, 1.82) is 0 Å². The Labute approximate surface area is 96.6 Å². The summed E-state index contributed by atoms with van der Waals surface area (Å²) in [4.78, 5) is 2.47. The molecule has 1 aromatic heterocycles. The lowest BCUT2D eigenvalue weighted by Crippen LogP contribution is -2.55. The second kappa shape index (κ2) is 4.51. The first-order valence-electron chi connectivity index (χ1n) is 6.07. The average Bonchev–Trinajstić information content (AvgIpc) is 2.79. The number of nitrogens with zero attached hydrogens (tertiary/aromatic N) is 4. The molecule has 0 atom stereocenters. The van der Waals surface area contributed by atoms with Gasteiger partial charge >= 0.3 is 0 Å². The van der Waals surface area contributed by atoms with E-state index >= 15 is 0 Å². The second-order valence-electron chi connectivity index (χ2n) is 4.50. The highest BCUT2D eigenvalue weighted by Gasteiger charge is 2.34. The second-order valence-corrected chi connectivity index (χ2v) is 4.50. The molecule has 0 saturated carbocycles. The number of aromatic nitrogens is 3. The van der Waals surface area contributed by atoms with Crippen LogP contribution in [0.25, 0.3) is 0 Å². The van der Waals surface area contributed by atoms with E-state index in [9.17, 15) is 0 Å². The molecule has 90 valence electrons. The van der Waals surface area contributed by atoms with E-state index in [0.29, 0.717) is 6.54 Å². The highest BCUT2D eigenvalue weighted by molar-refractivity contribution is 4.97. The molecule has 0 bridgehead atoms. The molecule has 2 N–H and O–H groups in total. The van der Waals surface area contributed by atoms with Crippen molar-refractivity contribution in [3.63, 3.8) is 0 Å². The van der Waals surface area contributed by atoms with Gasteiger partial charge in [-0.3, -0.25) is 4.90 Å². The minimum atomic E-state index is 0.136. The van der Waals surface area contributed by atoms with Crippen LogP contribution in [-0.2, 0) is 13.1 Å². The Balaban J connectivity index is 2.18. The van der Waals surface area contributed by atoms with E-state index in [1.54, 1.807) is 0 Å². The molecule has 1 aliphatic rings. The Morgan fingerprint density at radius 3 is 2.75 bits per heavy atom. The zero-order chi connectivity index (χ0) is 11.6. The van der Waals surface area contributed by atoms with E-state index in [4.69, 9.17) is 5.73 Å². The van der Waals surface area contributed by atoms with Crippen molar-refractivity contribution in [3.8, 4) is 0 Å². The highest BCUT2D eigenvalue weighted by atomic mass is 15.3. The van der Waals surface area contributed by atoms with E-state index in [-0.39, 0.29) is 5.54 Å². The predicted molar refractivity (Wildman–Crippen MR) is 62.8 cm³/mol. The van der Waals surface area contributed by atoms with Crippen LogP contribution in [0.3, 0.4) is 0 Å². The molecule has 0 aliphatic carbocycles. The quantitative estimate of drug-likeness (QED) is 0.812. The number of fused-ring (bicyclic) bond motifs is 1. The fourth-order valence-corrected chi connectivity index (χ4v) is 2.59. The normalized spacial score (nSPS) is 17.4. The van der Waals surface area contributed by atoms with Crippen LogP contribution in [0.2, 0.25) is 0 Å². The van der Waals surface area contributed by atoms with Crippen molar-refractivity contribution in [2.24, 2.45) is 5.73 Å². The summed E-state index contributed by atoms with van der Waals surface area (Å²) >= 11 is 0. The topological polar surface area (TPSA) is 60.0 Å². The number of hydrogen-bond donors (Lipinski definition) is 1. The summed E-state index contributed by atoms with van der Waals surface area (Å²) in [5, 5.41) is 8.11. The van der Waals surface area contributed by atoms with Crippen LogP contribution in [0.5, 0.6) is 0 Å². The molecular weight excluding hydrogens is 202 g/mol. The van der Waals surface area contributed by atoms with Gasteiger partial charge in [-0.25, -0.2) is 0 Å². The third kappa shape index (κ3) is 1.74. The van der Waals surface area contributed by atoms with Crippen LogP contribution in [-0.4, -0.2) is 38.3 Å². The maximum Gasteiger partial charge on any atom is 0.147 e. The molecule has 2 heterocycles. The van der Waals surface area contributed by atoms with Crippen molar-refractivity contribution < 1.29 is 0 Å². The molecule has 16 heavy (non-hydrogen) atoms. The van der Waals surface area contributed by atoms with Crippen molar-refractivity contribution >= 4 is 0 Å². The summed E-state index contributed by atoms with van der Waals surface area (Å²) in [5.41, 5.74) is 6.11. The summed E-state index contributed by atoms with van der Waals surface area (Å²) in [7, 11) is 0. The van der Waals surface area contributed by atoms with Gasteiger partial charge in [0.15, 0.2) is 0 Å². The van der Waals surface area contributed by atoms with Crippen LogP contribution in [0.1, 0.15) is 32.5 Å². The minimum Gasteiger partial charge on any atom is -0.329 e. The summed E-state index contributed by atoms with van der Waals surface area (Å²) < 4.78 is 2.13. The molecule has 0 spiro atoms. The van der Waals surface area contributed by atoms with Crippen molar-refractivity contribution in [2.75, 3.05) is 13.1 Å². The van der Waals surface area contributed by atoms with E-state index in [2.05, 4.69) is 33.5 Å². The van der Waals surface area contributed by atoms with Crippen LogP contribution in [0.15, 0.2) is 6.33 Å². The van der Waals surface area contributed by atoms with Gasteiger partial charge < -0.3 is 10.3 Å². The molecule has 1 aliphatic heterocycles. The molecule has 0 aromatic carbocycles. The Morgan fingerprint density at radius 2 is 2.12 bits per heavy atom. The fourth-order valence-electron chi connectivity index (χ4n) is 2.59. The van der Waals surface area contributed by atoms with E-state index in [0.717, 1.165) is 38.3 Å². The molecule has 1 aromatic rings. The van der Waals surface area contributed by atoms with E-state index in [1.165, 1.54) is 0 Å². The summed E-state index contributed by atoms with van der Waals surface area (Å²) in [6, 6.07) is 0. The number of rotatable bonds is 4. The van der Waals surface area contributed by atoms with Gasteiger partial charge in [0.25, 0.3) is 0 Å². The molecule has 2 rings (SSSR count). The van der Waals surface area contributed by atoms with Crippen LogP contribution in [0, 0.1) is 0 Å². The third-order valence-electron chi connectivity index (χ3n) is 4.01. The summed E-state index contributed by atoms with van der Waals surface area (Å²) in [6.07, 6.45) is 4.00. The lowest BCUT2D eigenvalue weighted by Gasteiger charge is -2.44. The Bertz CT molecular complexity index is 334. The Kier molecular flexibility index (Phi) is 3.25. The van der Waals surface area contributed by atoms with Crippen LogP contribution in [0.4, 0.5) is 0 Å². The van der Waals surface area contributed by atoms with E-state index < -0.39 is 0 Å². The zero-order valence-electron chi connectivity index (χ0n) is 10.2. The van der Waals surface area contributed by atoms with Crippen molar-refractivity contribution in [1.82, 2.24) is 19.7 Å². The summed E-state index contributed by atoms with van der Waals surface area (Å²) in [5.74, 6) is 1.06. The lowest BCUT2D eigenvalue weighted by molar-refractivity contribution is 0.0557. The molecule has 0 unspecified atom stereocenters. The van der Waals surface area contributed by atoms with E-state index in [1.807, 2.05) is 6.33 Å². The Morgan fingerprint density at radius 1 is 1.38 bits per heavy atom. The first-order valence-corrected chi connectivity index (χ1v) is 6.07. The van der Waals surface area contributed by atoms with Crippen molar-refractivity contribution in [3.05, 3.63) is 12.2 Å². The number of hydrogen-bond acceptors (Lipinski definition) is 4. The predicted octanol–water partition coefficient (Wildman–Crippen LogP) is 0.611. The van der Waals surface area contributed by atoms with Crippen LogP contribution < -0.4 is 5.73 Å². The third-order valence-corrected chi connectivity index (χ3v) is 4.01. The molecular formula is C11H21N5. The SMILES string of the molecule is CCC(CC)(CN)N1CCn2cnnc2C1. The Hall–Kier alpha value is -0.940. The highest BCUT2D eigenvalue weighted by Crippen LogP contribution is 2.26. The smallest absolute Gasteiger partial charge is 0.147 e. The maximum atomic E-state index is 5.97. The molecule has 0 amide bonds. The molecule has 0 saturated heterocycles. The van der Waals surface area contributed by atoms with Gasteiger partial charge in [0.2, 0.25) is 0 Å². The van der Waals surface area contributed by atoms with Gasteiger partial charge in [0, 0.05) is 25.2 Å². The van der Waals surface area contributed by atoms with Gasteiger partial charge in [-0.2, -0.15) is 0 Å². The monoisotopic (exact) mass is 223 g/mol. The van der Waals surface area contributed by atoms with Gasteiger partial charge in [-0.15, -0.1) is 10.2 Å². The lowest BCUT2D eigenvalue weighted by atomic mass is 9.90. The van der Waals surface area contributed by atoms with Gasteiger partial charge in [0.05, 0.1) is 6.54 Å². The van der Waals surface area contributed by atoms with Gasteiger partial charge in [-0.05, 0) is 12.8 Å². The van der Waals surface area contributed by atoms with Crippen LogP contribution >= 0.6 is 0 Å². The zero-order valence-corrected chi connectivity index (χ0v) is 10.2. The largest absolute Gasteiger partial charge is 0.329 e. The van der Waals surface area contributed by atoms with Gasteiger partial charge in [0.1, 0.15) is 12.2 Å². The first-order chi connectivity index (χ1) is 7.75. The molecule has 5 heteroatoms. The standard InChI is InChI=1S/C11H21N5/c1-3-11(4-2,8-12)16-6-5-15-9-13-14-10(15)7-16/h9H,3-8,12H2,1-2H3. The molecule has 0 radical (unpaired) electrons. The minimum absolute atomic E-state index is 0.136. The molecule has 0 fully saturated rings. The number of nitrogens with two attached hydrogens (primary N) is 1. The first kappa shape index (κ1) is 11.5. The molecule has 5 nitrogen and oxygen atoms in total. The summed E-state index contributed by atoms with van der Waals surface area (Å²) in [6.45, 7) is 8.05. The van der Waals surface area contributed by atoms with Crippen molar-refractivity contribution in [2.45, 2.75) is 45.3 Å². The fraction of sp³-hybridized carbons (Fsp3) is 0.818. The van der Waals surface area contributed by atoms with Gasteiger partial charge in [-0.1, -0.05) is 13.8 Å². The maximum absolute atomic E-state index is 5.97. The average molecular weight is 223 g/mol.